The summed E-state index contributed by atoms with van der Waals surface area (Å²) in [5.74, 6) is -0.224. The largest absolute Gasteiger partial charge is 0.472 e. The second kappa shape index (κ2) is 50.8. The number of amides is 1. The van der Waals surface area contributed by atoms with Gasteiger partial charge in [-0.3, -0.25) is 13.8 Å². The summed E-state index contributed by atoms with van der Waals surface area (Å²) in [5.41, 5.74) is 0. The number of allylic oxidation sites excluding steroid dienone is 27. The van der Waals surface area contributed by atoms with E-state index in [9.17, 15) is 19.4 Å². The summed E-state index contributed by atoms with van der Waals surface area (Å²) >= 11 is 0. The molecular formula is C62H100N2O6P+. The maximum Gasteiger partial charge on any atom is 0.472 e. The van der Waals surface area contributed by atoms with E-state index < -0.39 is 20.0 Å². The molecule has 0 heterocycles. The average Bonchev–Trinajstić information content (AvgIpc) is 3.33. The molecule has 0 aromatic carbocycles. The van der Waals surface area contributed by atoms with E-state index >= 15 is 0 Å². The summed E-state index contributed by atoms with van der Waals surface area (Å²) in [6.07, 6.45) is 82.0. The predicted octanol–water partition coefficient (Wildman–Crippen LogP) is 16.5. The van der Waals surface area contributed by atoms with Gasteiger partial charge in [-0.25, -0.2) is 4.57 Å². The molecule has 0 aliphatic heterocycles. The van der Waals surface area contributed by atoms with Gasteiger partial charge in [0, 0.05) is 6.42 Å². The number of nitrogens with one attached hydrogen (secondary N) is 1. The first kappa shape index (κ1) is 66.9. The number of nitrogens with zero attached hydrogens (tertiary/aromatic N) is 1. The van der Waals surface area contributed by atoms with E-state index in [4.69, 9.17) is 9.05 Å². The van der Waals surface area contributed by atoms with Crippen LogP contribution in [0.25, 0.3) is 0 Å². The maximum absolute atomic E-state index is 12.9. The summed E-state index contributed by atoms with van der Waals surface area (Å²) < 4.78 is 23.5. The number of hydrogen-bond acceptors (Lipinski definition) is 5. The molecule has 0 aromatic rings. The molecule has 9 heteroatoms. The van der Waals surface area contributed by atoms with Crippen molar-refractivity contribution in [2.75, 3.05) is 40.9 Å². The van der Waals surface area contributed by atoms with Gasteiger partial charge in [-0.1, -0.05) is 210 Å². The number of hydrogen-bond donors (Lipinski definition) is 3. The second-order valence-corrected chi connectivity index (χ2v) is 20.0. The molecule has 398 valence electrons. The van der Waals surface area contributed by atoms with Crippen molar-refractivity contribution < 1.29 is 32.9 Å². The second-order valence-electron chi connectivity index (χ2n) is 18.5. The smallest absolute Gasteiger partial charge is 0.387 e. The van der Waals surface area contributed by atoms with Gasteiger partial charge in [0.15, 0.2) is 0 Å². The number of phosphoric acid groups is 1. The minimum atomic E-state index is -4.36. The van der Waals surface area contributed by atoms with Crippen molar-refractivity contribution in [2.45, 2.75) is 174 Å². The fourth-order valence-electron chi connectivity index (χ4n) is 6.43. The van der Waals surface area contributed by atoms with Gasteiger partial charge < -0.3 is 19.8 Å². The Morgan fingerprint density at radius 3 is 1.28 bits per heavy atom. The fourth-order valence-corrected chi connectivity index (χ4v) is 7.17. The molecule has 71 heavy (non-hydrogen) atoms. The first-order chi connectivity index (χ1) is 34.5. The third-order valence-electron chi connectivity index (χ3n) is 10.7. The topological polar surface area (TPSA) is 105 Å². The first-order valence-corrected chi connectivity index (χ1v) is 28.5. The first-order valence-electron chi connectivity index (χ1n) is 27.0. The van der Waals surface area contributed by atoms with Crippen LogP contribution >= 0.6 is 7.82 Å². The molecule has 0 saturated carbocycles. The molecule has 0 aliphatic rings. The van der Waals surface area contributed by atoms with E-state index in [1.165, 1.54) is 6.42 Å². The van der Waals surface area contributed by atoms with Crippen LogP contribution < -0.4 is 5.32 Å². The third kappa shape index (κ3) is 53.5. The Balaban J connectivity index is 4.13. The molecular weight excluding hydrogens is 900 g/mol. The zero-order chi connectivity index (χ0) is 52.0. The van der Waals surface area contributed by atoms with E-state index in [1.807, 2.05) is 27.2 Å². The van der Waals surface area contributed by atoms with Crippen molar-refractivity contribution in [2.24, 2.45) is 0 Å². The lowest BCUT2D eigenvalue weighted by Gasteiger charge is -2.25. The van der Waals surface area contributed by atoms with Crippen LogP contribution in [-0.4, -0.2) is 73.4 Å². The van der Waals surface area contributed by atoms with Crippen molar-refractivity contribution in [3.63, 3.8) is 0 Å². The molecule has 0 aliphatic carbocycles. The molecule has 0 saturated heterocycles. The van der Waals surface area contributed by atoms with Gasteiger partial charge in [-0.05, 0) is 116 Å². The van der Waals surface area contributed by atoms with Gasteiger partial charge in [-0.2, -0.15) is 0 Å². The number of carbonyl (C=O) groups excluding carboxylic acids is 1. The maximum atomic E-state index is 12.9. The number of unbranched alkanes of at least 4 members (excludes halogenated alkanes) is 7. The Bertz CT molecular complexity index is 1750. The van der Waals surface area contributed by atoms with Crippen LogP contribution in [0.4, 0.5) is 0 Å². The minimum Gasteiger partial charge on any atom is -0.387 e. The number of quaternary nitrogens is 1. The van der Waals surface area contributed by atoms with Crippen LogP contribution in [0.1, 0.15) is 162 Å². The molecule has 0 fully saturated rings. The van der Waals surface area contributed by atoms with Crippen LogP contribution in [-0.2, 0) is 18.4 Å². The Labute approximate surface area is 434 Å². The zero-order valence-corrected chi connectivity index (χ0v) is 46.0. The number of carbonyl (C=O) groups is 1. The molecule has 0 aromatic heterocycles. The molecule has 3 atom stereocenters. The highest BCUT2D eigenvalue weighted by atomic mass is 31.2. The lowest BCUT2D eigenvalue weighted by molar-refractivity contribution is -0.870. The molecule has 1 amide bonds. The molecule has 0 spiro atoms. The van der Waals surface area contributed by atoms with Crippen LogP contribution in [0.2, 0.25) is 0 Å². The van der Waals surface area contributed by atoms with E-state index in [0.717, 1.165) is 135 Å². The predicted molar refractivity (Wildman–Crippen MR) is 308 cm³/mol. The van der Waals surface area contributed by atoms with Gasteiger partial charge in [0.05, 0.1) is 39.9 Å². The highest BCUT2D eigenvalue weighted by Gasteiger charge is 2.27. The SMILES string of the molecule is CC/C=C\C/C=C\C/C=C\C/C=C\C/C=C\C/C=C\C/C=C\C/C=C\C/C=C\C/C=C\C/C=C\C/C=C\CCCCCCC(=O)NC(COP(=O)(O)OCC[N+](C)(C)C)C(O)/C=C/CC/C=C/CCCC. The minimum absolute atomic E-state index is 0.0408. The average molecular weight is 1000 g/mol. The highest BCUT2D eigenvalue weighted by Crippen LogP contribution is 2.43. The van der Waals surface area contributed by atoms with E-state index in [-0.39, 0.29) is 19.1 Å². The van der Waals surface area contributed by atoms with Crippen molar-refractivity contribution in [1.29, 1.82) is 0 Å². The lowest BCUT2D eigenvalue weighted by atomic mass is 10.1. The number of aliphatic hydroxyl groups excluding tert-OH is 1. The summed E-state index contributed by atoms with van der Waals surface area (Å²) in [7, 11) is 1.50. The van der Waals surface area contributed by atoms with E-state index in [2.05, 4.69) is 177 Å². The number of phosphoric ester groups is 1. The standard InChI is InChI=1S/C62H99N2O6P/c1-6-8-10-12-14-16-17-18-19-20-21-22-23-24-25-26-27-28-29-30-31-32-33-34-35-36-37-38-39-40-41-42-43-44-45-46-47-48-50-52-54-56-62(66)63-60(59-70-71(67,68)69-58-57-64(3,4)5)61(65)55-53-51-49-15-13-11-9-7-2/h8,10,13-16,18-19,21-22,24-25,27-28,30-31,33-34,36-37,39-40,42-43,45-46,53,55,60-61,65H,6-7,9,11-12,17,20,23,26,29,32,35,38,41,44,47-52,54,56-59H2,1-5H3,(H-,63,66,67,68)/p+1/b10-8-,15-13+,16-14-,19-18-,22-21-,25-24-,28-27-,31-30-,34-33-,37-36-,40-39-,43-42-,46-45-,55-53+. The van der Waals surface area contributed by atoms with Crippen LogP contribution in [0, 0.1) is 0 Å². The van der Waals surface area contributed by atoms with Gasteiger partial charge in [-0.15, -0.1) is 0 Å². The fraction of sp³-hybridized carbons (Fsp3) is 0.532. The lowest BCUT2D eigenvalue weighted by Crippen LogP contribution is -2.45. The van der Waals surface area contributed by atoms with Gasteiger partial charge in [0.25, 0.3) is 0 Å². The van der Waals surface area contributed by atoms with Crippen molar-refractivity contribution in [3.8, 4) is 0 Å². The van der Waals surface area contributed by atoms with Gasteiger partial charge in [0.2, 0.25) is 5.91 Å². The van der Waals surface area contributed by atoms with Gasteiger partial charge in [0.1, 0.15) is 13.2 Å². The molecule has 0 bridgehead atoms. The summed E-state index contributed by atoms with van der Waals surface area (Å²) in [6, 6.07) is -0.887. The Morgan fingerprint density at radius 1 is 0.493 bits per heavy atom. The Morgan fingerprint density at radius 2 is 0.859 bits per heavy atom. The number of rotatable bonds is 46. The van der Waals surface area contributed by atoms with E-state index in [1.54, 1.807) is 6.08 Å². The highest BCUT2D eigenvalue weighted by molar-refractivity contribution is 7.47. The molecule has 3 N–H and O–H groups in total. The normalized spacial score (nSPS) is 15.3. The third-order valence-corrected chi connectivity index (χ3v) is 11.7. The quantitative estimate of drug-likeness (QED) is 0.0243. The Hall–Kier alpha value is -4.14. The summed E-state index contributed by atoms with van der Waals surface area (Å²) in [5, 5.41) is 13.7. The van der Waals surface area contributed by atoms with Crippen LogP contribution in [0.3, 0.4) is 0 Å². The number of aliphatic hydroxyl groups is 1. The molecule has 3 unspecified atom stereocenters. The monoisotopic (exact) mass is 1000 g/mol. The number of likely N-dealkylation sites (N-methyl/N-ethyl adjacent to an activating group) is 1. The van der Waals surface area contributed by atoms with Crippen LogP contribution in [0.15, 0.2) is 170 Å². The van der Waals surface area contributed by atoms with Crippen molar-refractivity contribution >= 4 is 13.7 Å². The zero-order valence-electron chi connectivity index (χ0n) is 45.1. The Kier molecular flexibility index (Phi) is 47.8. The molecule has 0 radical (unpaired) electrons. The van der Waals surface area contributed by atoms with E-state index in [0.29, 0.717) is 17.4 Å². The van der Waals surface area contributed by atoms with Crippen molar-refractivity contribution in [1.82, 2.24) is 5.32 Å². The molecule has 8 nitrogen and oxygen atoms in total. The van der Waals surface area contributed by atoms with Gasteiger partial charge >= 0.3 is 7.82 Å². The molecule has 0 rings (SSSR count). The summed E-state index contributed by atoms with van der Waals surface area (Å²) in [6.45, 7) is 4.53. The summed E-state index contributed by atoms with van der Waals surface area (Å²) in [4.78, 5) is 23.1. The van der Waals surface area contributed by atoms with Crippen molar-refractivity contribution in [3.05, 3.63) is 170 Å². The van der Waals surface area contributed by atoms with Crippen LogP contribution in [0.5, 0.6) is 0 Å².